The van der Waals surface area contributed by atoms with Crippen molar-refractivity contribution >= 4 is 11.7 Å². The standard InChI is InChI=1S/C21H26N2O3/c1-4-20(24)17-10-12-18(13-11-17)26-15-21(25)22-14-19(23(2)3)16-8-6-5-7-9-16/h5-13,19H,4,14-15H2,1-3H3,(H,22,25)/p+1/t19-/m0/s1. The maximum absolute atomic E-state index is 12.1. The predicted molar refractivity (Wildman–Crippen MR) is 102 cm³/mol. The third-order valence-corrected chi connectivity index (χ3v) is 4.27. The molecule has 0 aliphatic rings. The average molecular weight is 355 g/mol. The molecule has 2 N–H and O–H groups in total. The Kier molecular flexibility index (Phi) is 7.36. The summed E-state index contributed by atoms with van der Waals surface area (Å²) in [5.41, 5.74) is 1.84. The van der Waals surface area contributed by atoms with Crippen molar-refractivity contribution in [2.45, 2.75) is 19.4 Å². The molecule has 0 spiro atoms. The van der Waals surface area contributed by atoms with Crippen molar-refractivity contribution in [2.75, 3.05) is 27.2 Å². The zero-order valence-electron chi connectivity index (χ0n) is 15.6. The van der Waals surface area contributed by atoms with Gasteiger partial charge in [0.05, 0.1) is 20.6 Å². The summed E-state index contributed by atoms with van der Waals surface area (Å²) in [5, 5.41) is 2.93. The van der Waals surface area contributed by atoms with Gasteiger partial charge < -0.3 is 15.0 Å². The van der Waals surface area contributed by atoms with Crippen LogP contribution in [0.4, 0.5) is 0 Å². The number of amides is 1. The van der Waals surface area contributed by atoms with Crippen LogP contribution in [0.3, 0.4) is 0 Å². The van der Waals surface area contributed by atoms with Gasteiger partial charge in [0, 0.05) is 17.5 Å². The second-order valence-electron chi connectivity index (χ2n) is 6.43. The molecule has 2 rings (SSSR count). The SMILES string of the molecule is CCC(=O)c1ccc(OCC(=O)NC[C@@H](c2ccccc2)[NH+](C)C)cc1. The van der Waals surface area contributed by atoms with Gasteiger partial charge in [0.25, 0.3) is 5.91 Å². The van der Waals surface area contributed by atoms with Gasteiger partial charge in [-0.2, -0.15) is 0 Å². The van der Waals surface area contributed by atoms with Crippen LogP contribution in [-0.4, -0.2) is 38.9 Å². The molecule has 2 aromatic carbocycles. The van der Waals surface area contributed by atoms with Gasteiger partial charge in [-0.1, -0.05) is 37.3 Å². The Morgan fingerprint density at radius 3 is 2.27 bits per heavy atom. The van der Waals surface area contributed by atoms with Crippen molar-refractivity contribution in [3.05, 3.63) is 65.7 Å². The highest BCUT2D eigenvalue weighted by Gasteiger charge is 2.18. The molecule has 1 amide bonds. The molecular weight excluding hydrogens is 328 g/mol. The lowest BCUT2D eigenvalue weighted by atomic mass is 10.1. The molecular formula is C21H27N2O3+. The van der Waals surface area contributed by atoms with Gasteiger partial charge in [-0.05, 0) is 24.3 Å². The topological polar surface area (TPSA) is 59.8 Å². The first-order valence-corrected chi connectivity index (χ1v) is 8.89. The van der Waals surface area contributed by atoms with E-state index < -0.39 is 0 Å². The third kappa shape index (κ3) is 5.70. The molecule has 0 saturated heterocycles. The molecule has 0 aromatic heterocycles. The van der Waals surface area contributed by atoms with E-state index in [2.05, 4.69) is 31.5 Å². The van der Waals surface area contributed by atoms with E-state index in [0.717, 1.165) is 0 Å². The molecule has 0 radical (unpaired) electrons. The second-order valence-corrected chi connectivity index (χ2v) is 6.43. The second kappa shape index (κ2) is 9.73. The minimum Gasteiger partial charge on any atom is -0.484 e. The monoisotopic (exact) mass is 355 g/mol. The van der Waals surface area contributed by atoms with Crippen LogP contribution in [0.5, 0.6) is 5.75 Å². The summed E-state index contributed by atoms with van der Waals surface area (Å²) in [7, 11) is 4.14. The van der Waals surface area contributed by atoms with Gasteiger partial charge >= 0.3 is 0 Å². The van der Waals surface area contributed by atoms with E-state index >= 15 is 0 Å². The molecule has 1 atom stereocenters. The smallest absolute Gasteiger partial charge is 0.258 e. The lowest BCUT2D eigenvalue weighted by Gasteiger charge is -2.22. The number of likely N-dealkylation sites (N-methyl/N-ethyl adjacent to an activating group) is 1. The minimum absolute atomic E-state index is 0.0503. The Bertz CT molecular complexity index is 712. The van der Waals surface area contributed by atoms with Gasteiger partial charge in [-0.15, -0.1) is 0 Å². The lowest BCUT2D eigenvalue weighted by Crippen LogP contribution is -3.07. The molecule has 0 bridgehead atoms. The van der Waals surface area contributed by atoms with Gasteiger partial charge in [-0.25, -0.2) is 0 Å². The Balaban J connectivity index is 1.83. The number of carbonyl (C=O) groups is 2. The van der Waals surface area contributed by atoms with Crippen molar-refractivity contribution in [3.63, 3.8) is 0 Å². The number of rotatable bonds is 9. The van der Waals surface area contributed by atoms with Crippen molar-refractivity contribution in [2.24, 2.45) is 0 Å². The maximum Gasteiger partial charge on any atom is 0.258 e. The van der Waals surface area contributed by atoms with Crippen LogP contribution in [0.15, 0.2) is 54.6 Å². The molecule has 0 aliphatic heterocycles. The number of ether oxygens (including phenoxy) is 1. The Labute approximate surface area is 155 Å². The minimum atomic E-state index is -0.166. The van der Waals surface area contributed by atoms with Crippen molar-refractivity contribution < 1.29 is 19.2 Å². The molecule has 5 heteroatoms. The van der Waals surface area contributed by atoms with Crippen LogP contribution in [0.25, 0.3) is 0 Å². The summed E-state index contributed by atoms with van der Waals surface area (Å²) in [6, 6.07) is 17.2. The molecule has 26 heavy (non-hydrogen) atoms. The van der Waals surface area contributed by atoms with Crippen molar-refractivity contribution in [3.8, 4) is 5.75 Å². The zero-order chi connectivity index (χ0) is 18.9. The summed E-state index contributed by atoms with van der Waals surface area (Å²) >= 11 is 0. The van der Waals surface area contributed by atoms with Gasteiger partial charge in [0.2, 0.25) is 0 Å². The van der Waals surface area contributed by atoms with E-state index in [1.54, 1.807) is 24.3 Å². The Morgan fingerprint density at radius 1 is 1.04 bits per heavy atom. The van der Waals surface area contributed by atoms with Crippen molar-refractivity contribution in [1.82, 2.24) is 5.32 Å². The molecule has 0 fully saturated rings. The molecule has 0 aliphatic carbocycles. The summed E-state index contributed by atoms with van der Waals surface area (Å²) in [5.74, 6) is 0.499. The van der Waals surface area contributed by atoms with E-state index in [0.29, 0.717) is 24.3 Å². The molecule has 138 valence electrons. The van der Waals surface area contributed by atoms with Crippen LogP contribution < -0.4 is 15.0 Å². The Hall–Kier alpha value is -2.66. The number of nitrogens with one attached hydrogen (secondary N) is 2. The number of ketones is 1. The van der Waals surface area contributed by atoms with Crippen LogP contribution in [0.2, 0.25) is 0 Å². The Morgan fingerprint density at radius 2 is 1.69 bits per heavy atom. The van der Waals surface area contributed by atoms with Gasteiger partial charge in [0.15, 0.2) is 12.4 Å². The highest BCUT2D eigenvalue weighted by molar-refractivity contribution is 5.95. The van der Waals surface area contributed by atoms with Gasteiger partial charge in [-0.3, -0.25) is 9.59 Å². The van der Waals surface area contributed by atoms with Crippen molar-refractivity contribution in [1.29, 1.82) is 0 Å². The number of quaternary nitrogens is 1. The fourth-order valence-corrected chi connectivity index (χ4v) is 2.70. The zero-order valence-corrected chi connectivity index (χ0v) is 15.6. The van der Waals surface area contributed by atoms with Crippen LogP contribution in [0, 0.1) is 0 Å². The summed E-state index contributed by atoms with van der Waals surface area (Å²) < 4.78 is 5.50. The first kappa shape index (κ1) is 19.7. The summed E-state index contributed by atoms with van der Waals surface area (Å²) in [6.45, 7) is 2.32. The number of hydrogen-bond donors (Lipinski definition) is 2. The third-order valence-electron chi connectivity index (χ3n) is 4.27. The van der Waals surface area contributed by atoms with Gasteiger partial charge in [0.1, 0.15) is 11.8 Å². The largest absolute Gasteiger partial charge is 0.484 e. The number of hydrogen-bond acceptors (Lipinski definition) is 3. The van der Waals surface area contributed by atoms with E-state index in [1.165, 1.54) is 10.5 Å². The maximum atomic E-state index is 12.1. The summed E-state index contributed by atoms with van der Waals surface area (Å²) in [6.07, 6.45) is 0.471. The quantitative estimate of drug-likeness (QED) is 0.673. The van der Waals surface area contributed by atoms with Crippen LogP contribution >= 0.6 is 0 Å². The molecule has 0 saturated carbocycles. The first-order valence-electron chi connectivity index (χ1n) is 8.89. The van der Waals surface area contributed by atoms with E-state index in [1.807, 2.05) is 25.1 Å². The van der Waals surface area contributed by atoms with E-state index in [9.17, 15) is 9.59 Å². The first-order chi connectivity index (χ1) is 12.5. The van der Waals surface area contributed by atoms with Crippen LogP contribution in [0.1, 0.15) is 35.3 Å². The molecule has 2 aromatic rings. The van der Waals surface area contributed by atoms with E-state index in [-0.39, 0.29) is 24.3 Å². The van der Waals surface area contributed by atoms with Crippen LogP contribution in [-0.2, 0) is 4.79 Å². The highest BCUT2D eigenvalue weighted by atomic mass is 16.5. The number of Topliss-reactive ketones (excluding diaryl/α,β-unsaturated/α-hetero) is 1. The summed E-state index contributed by atoms with van der Waals surface area (Å²) in [4.78, 5) is 24.9. The van der Waals surface area contributed by atoms with E-state index in [4.69, 9.17) is 4.74 Å². The number of benzene rings is 2. The molecule has 0 heterocycles. The molecule has 5 nitrogen and oxygen atoms in total. The highest BCUT2D eigenvalue weighted by Crippen LogP contribution is 2.13. The fourth-order valence-electron chi connectivity index (χ4n) is 2.70. The predicted octanol–water partition coefficient (Wildman–Crippen LogP) is 1.66. The average Bonchev–Trinajstić information content (AvgIpc) is 2.67. The molecule has 0 unspecified atom stereocenters. The fraction of sp³-hybridized carbons (Fsp3) is 0.333. The normalized spacial score (nSPS) is 11.8. The number of carbonyl (C=O) groups excluding carboxylic acids is 2. The lowest BCUT2D eigenvalue weighted by molar-refractivity contribution is -0.890.